The first kappa shape index (κ1) is 11.7. The zero-order valence-electron chi connectivity index (χ0n) is 8.00. The van der Waals surface area contributed by atoms with Gasteiger partial charge in [-0.25, -0.2) is 0 Å². The molecule has 1 atom stereocenters. The molecule has 0 aromatic carbocycles. The van der Waals surface area contributed by atoms with Gasteiger partial charge in [-0.1, -0.05) is 13.0 Å². The molecule has 0 fully saturated rings. The molecule has 4 nitrogen and oxygen atoms in total. The van der Waals surface area contributed by atoms with E-state index in [1.165, 1.54) is 7.11 Å². The van der Waals surface area contributed by atoms with Crippen LogP contribution >= 0.6 is 0 Å². The molecule has 74 valence electrons. The van der Waals surface area contributed by atoms with Gasteiger partial charge in [-0.15, -0.1) is 6.58 Å². The van der Waals surface area contributed by atoms with Crippen LogP contribution in [0.4, 0.5) is 0 Å². The third-order valence-corrected chi connectivity index (χ3v) is 1.63. The maximum absolute atomic E-state index is 11.3. The second-order valence-corrected chi connectivity index (χ2v) is 2.52. The molecule has 1 N–H and O–H groups in total. The number of methoxy groups -OCH3 is 1. The van der Waals surface area contributed by atoms with Gasteiger partial charge in [0.15, 0.2) is 0 Å². The summed E-state index contributed by atoms with van der Waals surface area (Å²) in [6.45, 7) is 5.58. The number of carbonyl (C=O) groups is 2. The third kappa shape index (κ3) is 3.73. The summed E-state index contributed by atoms with van der Waals surface area (Å²) in [7, 11) is 1.27. The van der Waals surface area contributed by atoms with E-state index in [0.717, 1.165) is 0 Å². The Morgan fingerprint density at radius 3 is 2.62 bits per heavy atom. The van der Waals surface area contributed by atoms with Gasteiger partial charge in [-0.05, 0) is 6.42 Å². The van der Waals surface area contributed by atoms with Gasteiger partial charge in [0, 0.05) is 6.54 Å². The Balaban J connectivity index is 4.14. The van der Waals surface area contributed by atoms with Gasteiger partial charge < -0.3 is 10.1 Å². The number of nitrogens with one attached hydrogen (secondary N) is 1. The lowest BCUT2D eigenvalue weighted by Crippen LogP contribution is -2.35. The zero-order valence-corrected chi connectivity index (χ0v) is 8.00. The molecule has 0 aliphatic heterocycles. The molecule has 0 saturated heterocycles. The Hall–Kier alpha value is -1.32. The maximum Gasteiger partial charge on any atom is 0.318 e. The van der Waals surface area contributed by atoms with Crippen molar-refractivity contribution in [3.05, 3.63) is 12.7 Å². The summed E-state index contributed by atoms with van der Waals surface area (Å²) >= 11 is 0. The Bertz CT molecular complexity index is 201. The minimum Gasteiger partial charge on any atom is -0.468 e. The maximum atomic E-state index is 11.3. The Morgan fingerprint density at radius 1 is 1.62 bits per heavy atom. The molecule has 0 radical (unpaired) electrons. The predicted molar refractivity (Wildman–Crippen MR) is 49.0 cm³/mol. The number of ether oxygens (including phenoxy) is 1. The van der Waals surface area contributed by atoms with Crippen LogP contribution in [0.3, 0.4) is 0 Å². The minimum atomic E-state index is -0.704. The van der Waals surface area contributed by atoms with Gasteiger partial charge >= 0.3 is 5.97 Å². The lowest BCUT2D eigenvalue weighted by molar-refractivity contribution is -0.150. The number of hydrogen-bond acceptors (Lipinski definition) is 3. The van der Waals surface area contributed by atoms with Crippen LogP contribution in [0.15, 0.2) is 12.7 Å². The first-order chi connectivity index (χ1) is 6.17. The quantitative estimate of drug-likeness (QED) is 0.385. The molecule has 0 aliphatic carbocycles. The van der Waals surface area contributed by atoms with E-state index in [-0.39, 0.29) is 5.91 Å². The van der Waals surface area contributed by atoms with Crippen molar-refractivity contribution in [1.29, 1.82) is 0 Å². The van der Waals surface area contributed by atoms with E-state index >= 15 is 0 Å². The van der Waals surface area contributed by atoms with Crippen LogP contribution in [-0.2, 0) is 14.3 Å². The van der Waals surface area contributed by atoms with Crippen molar-refractivity contribution in [2.75, 3.05) is 13.7 Å². The summed E-state index contributed by atoms with van der Waals surface area (Å²) in [5.41, 5.74) is 0. The van der Waals surface area contributed by atoms with E-state index in [4.69, 9.17) is 0 Å². The van der Waals surface area contributed by atoms with Crippen molar-refractivity contribution in [3.63, 3.8) is 0 Å². The summed E-state index contributed by atoms with van der Waals surface area (Å²) in [6.07, 6.45) is 2.00. The number of carbonyl (C=O) groups excluding carboxylic acids is 2. The topological polar surface area (TPSA) is 55.4 Å². The molecular weight excluding hydrogens is 170 g/mol. The standard InChI is InChI=1S/C9H15NO3/c1-4-6-10-8(11)7(5-2)9(12)13-3/h4,7H,1,5-6H2,2-3H3,(H,10,11). The highest BCUT2D eigenvalue weighted by atomic mass is 16.5. The van der Waals surface area contributed by atoms with Gasteiger partial charge in [-0.2, -0.15) is 0 Å². The summed E-state index contributed by atoms with van der Waals surface area (Å²) in [5.74, 6) is -1.51. The van der Waals surface area contributed by atoms with Gasteiger partial charge in [-0.3, -0.25) is 9.59 Å². The van der Waals surface area contributed by atoms with Gasteiger partial charge in [0.2, 0.25) is 5.91 Å². The summed E-state index contributed by atoms with van der Waals surface area (Å²) in [6, 6.07) is 0. The number of rotatable bonds is 5. The number of hydrogen-bond donors (Lipinski definition) is 1. The molecule has 0 aliphatic rings. The monoisotopic (exact) mass is 185 g/mol. The number of esters is 1. The fourth-order valence-corrected chi connectivity index (χ4v) is 0.897. The van der Waals surface area contributed by atoms with Crippen LogP contribution in [0.25, 0.3) is 0 Å². The van der Waals surface area contributed by atoms with Gasteiger partial charge in [0.1, 0.15) is 5.92 Å². The van der Waals surface area contributed by atoms with E-state index in [2.05, 4.69) is 16.6 Å². The molecule has 0 bridgehead atoms. The minimum absolute atomic E-state index is 0.311. The van der Waals surface area contributed by atoms with Gasteiger partial charge in [0.25, 0.3) is 0 Å². The number of amides is 1. The van der Waals surface area contributed by atoms with Crippen LogP contribution in [-0.4, -0.2) is 25.5 Å². The van der Waals surface area contributed by atoms with Crippen LogP contribution < -0.4 is 5.32 Å². The van der Waals surface area contributed by atoms with Crippen molar-refractivity contribution in [2.45, 2.75) is 13.3 Å². The highest BCUT2D eigenvalue weighted by molar-refractivity contribution is 5.97. The van der Waals surface area contributed by atoms with Crippen LogP contribution in [0.2, 0.25) is 0 Å². The molecule has 4 heteroatoms. The van der Waals surface area contributed by atoms with Crippen molar-refractivity contribution in [1.82, 2.24) is 5.32 Å². The molecule has 1 amide bonds. The molecule has 0 heterocycles. The summed E-state index contributed by atoms with van der Waals surface area (Å²) < 4.78 is 4.48. The predicted octanol–water partition coefficient (Wildman–Crippen LogP) is 0.488. The van der Waals surface area contributed by atoms with E-state index in [9.17, 15) is 9.59 Å². The van der Waals surface area contributed by atoms with Crippen LogP contribution in [0, 0.1) is 5.92 Å². The summed E-state index contributed by atoms with van der Waals surface area (Å²) in [5, 5.41) is 2.54. The molecule has 0 saturated carbocycles. The average molecular weight is 185 g/mol. The second-order valence-electron chi connectivity index (χ2n) is 2.52. The molecule has 13 heavy (non-hydrogen) atoms. The summed E-state index contributed by atoms with van der Waals surface area (Å²) in [4.78, 5) is 22.3. The first-order valence-corrected chi connectivity index (χ1v) is 4.13. The Labute approximate surface area is 78.0 Å². The van der Waals surface area contributed by atoms with Crippen LogP contribution in [0.5, 0.6) is 0 Å². The molecule has 0 rings (SSSR count). The van der Waals surface area contributed by atoms with Crippen molar-refractivity contribution >= 4 is 11.9 Å². The molecule has 0 aromatic rings. The van der Waals surface area contributed by atoms with E-state index < -0.39 is 11.9 Å². The van der Waals surface area contributed by atoms with E-state index in [0.29, 0.717) is 13.0 Å². The van der Waals surface area contributed by atoms with Gasteiger partial charge in [0.05, 0.1) is 7.11 Å². The highest BCUT2D eigenvalue weighted by Crippen LogP contribution is 2.04. The SMILES string of the molecule is C=CCNC(=O)C(CC)C(=O)OC. The second kappa shape index (κ2) is 6.22. The lowest BCUT2D eigenvalue weighted by Gasteiger charge is -2.11. The largest absolute Gasteiger partial charge is 0.468 e. The fourth-order valence-electron chi connectivity index (χ4n) is 0.897. The first-order valence-electron chi connectivity index (χ1n) is 4.13. The van der Waals surface area contributed by atoms with Crippen LogP contribution in [0.1, 0.15) is 13.3 Å². The van der Waals surface area contributed by atoms with E-state index in [1.54, 1.807) is 13.0 Å². The molecule has 1 unspecified atom stereocenters. The Kier molecular flexibility index (Phi) is 5.59. The fraction of sp³-hybridized carbons (Fsp3) is 0.556. The van der Waals surface area contributed by atoms with E-state index in [1.807, 2.05) is 0 Å². The average Bonchev–Trinajstić information content (AvgIpc) is 2.15. The highest BCUT2D eigenvalue weighted by Gasteiger charge is 2.24. The Morgan fingerprint density at radius 2 is 2.23 bits per heavy atom. The third-order valence-electron chi connectivity index (χ3n) is 1.63. The molecular formula is C9H15NO3. The molecule has 0 spiro atoms. The van der Waals surface area contributed by atoms with Crippen molar-refractivity contribution in [3.8, 4) is 0 Å². The normalized spacial score (nSPS) is 11.5. The van der Waals surface area contributed by atoms with Crippen molar-refractivity contribution < 1.29 is 14.3 Å². The van der Waals surface area contributed by atoms with Crippen molar-refractivity contribution in [2.24, 2.45) is 5.92 Å². The zero-order chi connectivity index (χ0) is 10.3. The molecule has 0 aromatic heterocycles. The smallest absolute Gasteiger partial charge is 0.318 e. The lowest BCUT2D eigenvalue weighted by atomic mass is 10.1.